The average molecular weight is 278 g/mol. The fraction of sp³-hybridized carbons (Fsp3) is 0.467. The molecule has 2 amide bonds. The normalized spacial score (nSPS) is 10.1. The van der Waals surface area contributed by atoms with Gasteiger partial charge in [0, 0.05) is 33.4 Å². The maximum absolute atomic E-state index is 12.0. The van der Waals surface area contributed by atoms with E-state index in [4.69, 9.17) is 4.74 Å². The molecule has 5 nitrogen and oxygen atoms in total. The molecule has 0 aliphatic heterocycles. The first-order chi connectivity index (χ1) is 9.69. The lowest BCUT2D eigenvalue weighted by atomic mass is 10.2. The van der Waals surface area contributed by atoms with Gasteiger partial charge in [-0.2, -0.15) is 0 Å². The van der Waals surface area contributed by atoms with Gasteiger partial charge in [-0.15, -0.1) is 0 Å². The van der Waals surface area contributed by atoms with Gasteiger partial charge in [0.15, 0.2) is 0 Å². The van der Waals surface area contributed by atoms with Crippen LogP contribution in [-0.4, -0.2) is 43.5 Å². The summed E-state index contributed by atoms with van der Waals surface area (Å²) in [4.78, 5) is 25.3. The van der Waals surface area contributed by atoms with Crippen molar-refractivity contribution in [1.29, 1.82) is 0 Å². The fourth-order valence-corrected chi connectivity index (χ4v) is 1.77. The maximum Gasteiger partial charge on any atom is 0.312 e. The van der Waals surface area contributed by atoms with E-state index < -0.39 is 11.8 Å². The SMILES string of the molecule is CCN(Cc1ccccc1)C(=O)C(=O)NCCCOC. The Bertz CT molecular complexity index is 420. The third-order valence-corrected chi connectivity index (χ3v) is 2.89. The second-order valence-corrected chi connectivity index (χ2v) is 4.41. The van der Waals surface area contributed by atoms with Gasteiger partial charge in [0.05, 0.1) is 0 Å². The highest BCUT2D eigenvalue weighted by Gasteiger charge is 2.20. The van der Waals surface area contributed by atoms with E-state index in [0.717, 1.165) is 5.56 Å². The standard InChI is InChI=1S/C15H22N2O3/c1-3-17(12-13-8-5-4-6-9-13)15(19)14(18)16-10-7-11-20-2/h4-6,8-9H,3,7,10-12H2,1-2H3,(H,16,18). The molecule has 0 atom stereocenters. The molecule has 0 aliphatic rings. The zero-order chi connectivity index (χ0) is 14.8. The first kappa shape index (κ1) is 16.2. The van der Waals surface area contributed by atoms with Crippen LogP contribution in [0.4, 0.5) is 0 Å². The minimum absolute atomic E-state index is 0.446. The summed E-state index contributed by atoms with van der Waals surface area (Å²) in [7, 11) is 1.60. The molecule has 0 saturated carbocycles. The van der Waals surface area contributed by atoms with E-state index in [1.54, 1.807) is 7.11 Å². The summed E-state index contributed by atoms with van der Waals surface area (Å²) in [6.07, 6.45) is 0.695. The summed E-state index contributed by atoms with van der Waals surface area (Å²) in [6, 6.07) is 9.62. The Balaban J connectivity index is 2.47. The number of amides is 2. The molecule has 0 bridgehead atoms. The van der Waals surface area contributed by atoms with E-state index in [-0.39, 0.29) is 0 Å². The third kappa shape index (κ3) is 5.40. The lowest BCUT2D eigenvalue weighted by Crippen LogP contribution is -2.43. The van der Waals surface area contributed by atoms with Crippen molar-refractivity contribution in [3.63, 3.8) is 0 Å². The van der Waals surface area contributed by atoms with Crippen LogP contribution >= 0.6 is 0 Å². The molecule has 0 saturated heterocycles. The summed E-state index contributed by atoms with van der Waals surface area (Å²) >= 11 is 0. The molecule has 0 aliphatic carbocycles. The highest BCUT2D eigenvalue weighted by atomic mass is 16.5. The fourth-order valence-electron chi connectivity index (χ4n) is 1.77. The second-order valence-electron chi connectivity index (χ2n) is 4.41. The van der Waals surface area contributed by atoms with Crippen molar-refractivity contribution in [2.24, 2.45) is 0 Å². The Morgan fingerprint density at radius 1 is 1.25 bits per heavy atom. The Morgan fingerprint density at radius 3 is 2.55 bits per heavy atom. The van der Waals surface area contributed by atoms with Crippen LogP contribution in [0.25, 0.3) is 0 Å². The summed E-state index contributed by atoms with van der Waals surface area (Å²) in [6.45, 7) is 3.82. The molecular weight excluding hydrogens is 256 g/mol. The summed E-state index contributed by atoms with van der Waals surface area (Å²) in [5, 5.41) is 2.61. The molecule has 110 valence electrons. The first-order valence-electron chi connectivity index (χ1n) is 6.79. The Morgan fingerprint density at radius 2 is 1.95 bits per heavy atom. The van der Waals surface area contributed by atoms with Gasteiger partial charge in [0.1, 0.15) is 0 Å². The van der Waals surface area contributed by atoms with Gasteiger partial charge >= 0.3 is 11.8 Å². The molecule has 0 spiro atoms. The van der Waals surface area contributed by atoms with Crippen molar-refractivity contribution in [1.82, 2.24) is 10.2 Å². The number of benzene rings is 1. The molecule has 20 heavy (non-hydrogen) atoms. The highest BCUT2D eigenvalue weighted by Crippen LogP contribution is 2.04. The number of carbonyl (C=O) groups is 2. The smallest absolute Gasteiger partial charge is 0.312 e. The molecule has 1 rings (SSSR count). The summed E-state index contributed by atoms with van der Waals surface area (Å²) in [5.74, 6) is -1.05. The van der Waals surface area contributed by atoms with Crippen molar-refractivity contribution in [2.75, 3.05) is 26.8 Å². The van der Waals surface area contributed by atoms with Crippen LogP contribution in [0.1, 0.15) is 18.9 Å². The van der Waals surface area contributed by atoms with Crippen molar-refractivity contribution in [2.45, 2.75) is 19.9 Å². The van der Waals surface area contributed by atoms with Gasteiger partial charge in [0.2, 0.25) is 0 Å². The lowest BCUT2D eigenvalue weighted by Gasteiger charge is -2.20. The van der Waals surface area contributed by atoms with Gasteiger partial charge in [-0.1, -0.05) is 30.3 Å². The zero-order valence-corrected chi connectivity index (χ0v) is 12.1. The predicted octanol–water partition coefficient (Wildman–Crippen LogP) is 1.19. The second kappa shape index (κ2) is 9.09. The van der Waals surface area contributed by atoms with Crippen molar-refractivity contribution in [3.8, 4) is 0 Å². The number of methoxy groups -OCH3 is 1. The summed E-state index contributed by atoms with van der Waals surface area (Å²) in [5.41, 5.74) is 1.01. The first-order valence-corrected chi connectivity index (χ1v) is 6.79. The molecule has 0 aromatic heterocycles. The van der Waals surface area contributed by atoms with Crippen molar-refractivity contribution in [3.05, 3.63) is 35.9 Å². The van der Waals surface area contributed by atoms with E-state index in [9.17, 15) is 9.59 Å². The third-order valence-electron chi connectivity index (χ3n) is 2.89. The lowest BCUT2D eigenvalue weighted by molar-refractivity contribution is -0.146. The number of hydrogen-bond acceptors (Lipinski definition) is 3. The van der Waals surface area contributed by atoms with Gasteiger partial charge in [-0.25, -0.2) is 0 Å². The maximum atomic E-state index is 12.0. The molecular formula is C15H22N2O3. The molecule has 0 fully saturated rings. The minimum atomic E-state index is -0.557. The Hall–Kier alpha value is -1.88. The molecule has 5 heteroatoms. The van der Waals surface area contributed by atoms with Crippen LogP contribution in [-0.2, 0) is 20.9 Å². The average Bonchev–Trinajstić information content (AvgIpc) is 2.49. The number of carbonyl (C=O) groups excluding carboxylic acids is 2. The van der Waals surface area contributed by atoms with E-state index in [2.05, 4.69) is 5.32 Å². The van der Waals surface area contributed by atoms with Crippen molar-refractivity contribution >= 4 is 11.8 Å². The number of rotatable bonds is 7. The van der Waals surface area contributed by atoms with E-state index in [1.165, 1.54) is 4.90 Å². The van der Waals surface area contributed by atoms with Crippen molar-refractivity contribution < 1.29 is 14.3 Å². The number of likely N-dealkylation sites (N-methyl/N-ethyl adjacent to an activating group) is 1. The van der Waals surface area contributed by atoms with Gasteiger partial charge in [-0.3, -0.25) is 9.59 Å². The molecule has 0 unspecified atom stereocenters. The molecule has 0 radical (unpaired) electrons. The van der Waals surface area contributed by atoms with Crippen LogP contribution in [0.3, 0.4) is 0 Å². The molecule has 1 aromatic rings. The van der Waals surface area contributed by atoms with Gasteiger partial charge in [-0.05, 0) is 18.9 Å². The monoisotopic (exact) mass is 278 g/mol. The van der Waals surface area contributed by atoms with E-state index in [0.29, 0.717) is 32.7 Å². The zero-order valence-electron chi connectivity index (χ0n) is 12.1. The van der Waals surface area contributed by atoms with Crippen LogP contribution < -0.4 is 5.32 Å². The number of nitrogens with one attached hydrogen (secondary N) is 1. The quantitative estimate of drug-likeness (QED) is 0.602. The molecule has 1 aromatic carbocycles. The topological polar surface area (TPSA) is 58.6 Å². The molecule has 1 N–H and O–H groups in total. The number of ether oxygens (including phenoxy) is 1. The summed E-state index contributed by atoms with van der Waals surface area (Å²) < 4.78 is 4.89. The minimum Gasteiger partial charge on any atom is -0.385 e. The van der Waals surface area contributed by atoms with Gasteiger partial charge in [0.25, 0.3) is 0 Å². The van der Waals surface area contributed by atoms with Gasteiger partial charge < -0.3 is 15.0 Å². The Labute approximate surface area is 119 Å². The van der Waals surface area contributed by atoms with E-state index in [1.807, 2.05) is 37.3 Å². The highest BCUT2D eigenvalue weighted by molar-refractivity contribution is 6.34. The molecule has 0 heterocycles. The largest absolute Gasteiger partial charge is 0.385 e. The predicted molar refractivity (Wildman–Crippen MR) is 77.0 cm³/mol. The number of hydrogen-bond donors (Lipinski definition) is 1. The van der Waals surface area contributed by atoms with Crippen LogP contribution in [0, 0.1) is 0 Å². The van der Waals surface area contributed by atoms with Crippen LogP contribution in [0.5, 0.6) is 0 Å². The van der Waals surface area contributed by atoms with E-state index >= 15 is 0 Å². The van der Waals surface area contributed by atoms with Crippen LogP contribution in [0.2, 0.25) is 0 Å². The Kier molecular flexibility index (Phi) is 7.35. The van der Waals surface area contributed by atoms with Crippen LogP contribution in [0.15, 0.2) is 30.3 Å². The number of nitrogens with zero attached hydrogens (tertiary/aromatic N) is 1.